The van der Waals surface area contributed by atoms with Gasteiger partial charge in [-0.15, -0.1) is 0 Å². The lowest BCUT2D eigenvalue weighted by atomic mass is 9.93. The fourth-order valence-electron chi connectivity index (χ4n) is 3.69. The molecule has 3 heteroatoms. The third-order valence-corrected chi connectivity index (χ3v) is 4.84. The molecule has 1 fully saturated rings. The summed E-state index contributed by atoms with van der Waals surface area (Å²) in [6.45, 7) is 1.94. The number of rotatable bonds is 5. The predicted molar refractivity (Wildman–Crippen MR) is 85.1 cm³/mol. The number of hydrogen-bond acceptors (Lipinski definition) is 2. The number of hydrogen-bond donors (Lipinski definition) is 1. The SMILES string of the molecule is C1=CC2CC1CC2CNc1ccc(Cn2cccn2)cc1. The summed E-state index contributed by atoms with van der Waals surface area (Å²) < 4.78 is 1.95. The Morgan fingerprint density at radius 3 is 2.71 bits per heavy atom. The predicted octanol–water partition coefficient (Wildman–Crippen LogP) is 3.56. The van der Waals surface area contributed by atoms with Crippen LogP contribution in [0.5, 0.6) is 0 Å². The van der Waals surface area contributed by atoms with Gasteiger partial charge >= 0.3 is 0 Å². The van der Waals surface area contributed by atoms with Gasteiger partial charge in [0.2, 0.25) is 0 Å². The highest BCUT2D eigenvalue weighted by molar-refractivity contribution is 5.44. The van der Waals surface area contributed by atoms with Crippen molar-refractivity contribution in [3.05, 3.63) is 60.4 Å². The van der Waals surface area contributed by atoms with Gasteiger partial charge in [-0.2, -0.15) is 5.10 Å². The van der Waals surface area contributed by atoms with Crippen molar-refractivity contribution in [3.8, 4) is 0 Å². The van der Waals surface area contributed by atoms with Crippen molar-refractivity contribution in [1.82, 2.24) is 9.78 Å². The molecule has 0 saturated heterocycles. The molecule has 0 aliphatic heterocycles. The van der Waals surface area contributed by atoms with Crippen LogP contribution in [0.2, 0.25) is 0 Å². The van der Waals surface area contributed by atoms with Crippen LogP contribution < -0.4 is 5.32 Å². The van der Waals surface area contributed by atoms with E-state index in [2.05, 4.69) is 46.8 Å². The summed E-state index contributed by atoms with van der Waals surface area (Å²) in [6.07, 6.45) is 11.4. The van der Waals surface area contributed by atoms with Crippen molar-refractivity contribution in [1.29, 1.82) is 0 Å². The normalized spacial score (nSPS) is 26.4. The smallest absolute Gasteiger partial charge is 0.0659 e. The molecule has 108 valence electrons. The fraction of sp³-hybridized carbons (Fsp3) is 0.389. The lowest BCUT2D eigenvalue weighted by Gasteiger charge is -2.19. The van der Waals surface area contributed by atoms with E-state index in [1.807, 2.05) is 23.1 Å². The summed E-state index contributed by atoms with van der Waals surface area (Å²) in [4.78, 5) is 0. The molecule has 2 aliphatic rings. The summed E-state index contributed by atoms with van der Waals surface area (Å²) in [5, 5.41) is 7.84. The van der Waals surface area contributed by atoms with Crippen LogP contribution in [0.25, 0.3) is 0 Å². The average molecular weight is 279 g/mol. The Morgan fingerprint density at radius 2 is 2.05 bits per heavy atom. The molecular weight excluding hydrogens is 258 g/mol. The maximum absolute atomic E-state index is 4.24. The Kier molecular flexibility index (Phi) is 3.26. The zero-order chi connectivity index (χ0) is 14.1. The quantitative estimate of drug-likeness (QED) is 0.848. The second kappa shape index (κ2) is 5.40. The van der Waals surface area contributed by atoms with E-state index in [-0.39, 0.29) is 0 Å². The zero-order valence-corrected chi connectivity index (χ0v) is 12.2. The van der Waals surface area contributed by atoms with Crippen LogP contribution in [-0.2, 0) is 6.54 Å². The molecule has 3 nitrogen and oxygen atoms in total. The molecule has 0 radical (unpaired) electrons. The Morgan fingerprint density at radius 1 is 1.14 bits per heavy atom. The Hall–Kier alpha value is -2.03. The van der Waals surface area contributed by atoms with E-state index in [0.29, 0.717) is 0 Å². The molecule has 0 spiro atoms. The van der Waals surface area contributed by atoms with Gasteiger partial charge in [-0.1, -0.05) is 24.3 Å². The summed E-state index contributed by atoms with van der Waals surface area (Å²) in [7, 11) is 0. The van der Waals surface area contributed by atoms with E-state index < -0.39 is 0 Å². The average Bonchev–Trinajstić information content (AvgIpc) is 3.24. The van der Waals surface area contributed by atoms with Gasteiger partial charge in [0.05, 0.1) is 6.54 Å². The second-order valence-electron chi connectivity index (χ2n) is 6.32. The number of allylic oxidation sites excluding steroid dienone is 2. The molecule has 1 aromatic heterocycles. The summed E-state index contributed by atoms with van der Waals surface area (Å²) in [5.41, 5.74) is 2.51. The van der Waals surface area contributed by atoms with Crippen LogP contribution in [0.4, 0.5) is 5.69 Å². The molecule has 21 heavy (non-hydrogen) atoms. The van der Waals surface area contributed by atoms with E-state index in [4.69, 9.17) is 0 Å². The molecule has 1 saturated carbocycles. The molecule has 1 aromatic carbocycles. The number of aromatic nitrogens is 2. The van der Waals surface area contributed by atoms with Crippen LogP contribution >= 0.6 is 0 Å². The van der Waals surface area contributed by atoms with E-state index >= 15 is 0 Å². The first kappa shape index (κ1) is 12.7. The molecule has 2 aromatic rings. The third-order valence-electron chi connectivity index (χ3n) is 4.84. The zero-order valence-electron chi connectivity index (χ0n) is 12.2. The van der Waals surface area contributed by atoms with Crippen LogP contribution in [0, 0.1) is 17.8 Å². The molecule has 2 aliphatic carbocycles. The van der Waals surface area contributed by atoms with E-state index in [1.54, 1.807) is 0 Å². The minimum absolute atomic E-state index is 0.821. The highest BCUT2D eigenvalue weighted by Gasteiger charge is 2.35. The van der Waals surface area contributed by atoms with Crippen LogP contribution in [0.3, 0.4) is 0 Å². The van der Waals surface area contributed by atoms with Gasteiger partial charge in [0.15, 0.2) is 0 Å². The number of nitrogens with zero attached hydrogens (tertiary/aromatic N) is 2. The minimum atomic E-state index is 0.821. The van der Waals surface area contributed by atoms with Gasteiger partial charge in [-0.05, 0) is 54.4 Å². The summed E-state index contributed by atoms with van der Waals surface area (Å²) in [5.74, 6) is 2.50. The van der Waals surface area contributed by atoms with Gasteiger partial charge in [-0.25, -0.2) is 0 Å². The topological polar surface area (TPSA) is 29.9 Å². The van der Waals surface area contributed by atoms with Gasteiger partial charge < -0.3 is 5.32 Å². The van der Waals surface area contributed by atoms with Crippen LogP contribution in [0.15, 0.2) is 54.9 Å². The van der Waals surface area contributed by atoms with Gasteiger partial charge in [0, 0.05) is 24.6 Å². The first-order chi connectivity index (χ1) is 10.4. The number of anilines is 1. The van der Waals surface area contributed by atoms with E-state index in [9.17, 15) is 0 Å². The molecule has 0 amide bonds. The summed E-state index contributed by atoms with van der Waals surface area (Å²) in [6, 6.07) is 10.7. The highest BCUT2D eigenvalue weighted by atomic mass is 15.3. The lowest BCUT2D eigenvalue weighted by molar-refractivity contribution is 0.472. The summed E-state index contributed by atoms with van der Waals surface area (Å²) >= 11 is 0. The first-order valence-corrected chi connectivity index (χ1v) is 7.85. The fourth-order valence-corrected chi connectivity index (χ4v) is 3.69. The van der Waals surface area contributed by atoms with Crippen molar-refractivity contribution in [2.24, 2.45) is 17.8 Å². The van der Waals surface area contributed by atoms with Crippen LogP contribution in [0.1, 0.15) is 18.4 Å². The molecule has 3 atom stereocenters. The van der Waals surface area contributed by atoms with Gasteiger partial charge in [0.25, 0.3) is 0 Å². The molecule has 1 N–H and O–H groups in total. The molecule has 2 bridgehead atoms. The standard InChI is InChI=1S/C18H21N3/c1-8-20-21(9-1)13-14-3-6-18(7-4-14)19-12-17-11-15-2-5-16(17)10-15/h1-9,15-17,19H,10-13H2. The number of fused-ring (bicyclic) bond motifs is 2. The second-order valence-corrected chi connectivity index (χ2v) is 6.32. The number of nitrogens with one attached hydrogen (secondary N) is 1. The minimum Gasteiger partial charge on any atom is -0.385 e. The Balaban J connectivity index is 1.33. The molecule has 4 rings (SSSR count). The molecular formula is C18H21N3. The highest BCUT2D eigenvalue weighted by Crippen LogP contribution is 2.43. The van der Waals surface area contributed by atoms with Crippen LogP contribution in [-0.4, -0.2) is 16.3 Å². The Labute approximate surface area is 125 Å². The maximum Gasteiger partial charge on any atom is 0.0659 e. The van der Waals surface area contributed by atoms with Crippen molar-refractivity contribution in [2.75, 3.05) is 11.9 Å². The third kappa shape index (κ3) is 2.73. The monoisotopic (exact) mass is 279 g/mol. The molecule has 3 unspecified atom stereocenters. The van der Waals surface area contributed by atoms with Crippen molar-refractivity contribution in [3.63, 3.8) is 0 Å². The van der Waals surface area contributed by atoms with Crippen molar-refractivity contribution < 1.29 is 0 Å². The van der Waals surface area contributed by atoms with Gasteiger partial charge in [-0.3, -0.25) is 4.68 Å². The van der Waals surface area contributed by atoms with Crippen molar-refractivity contribution in [2.45, 2.75) is 19.4 Å². The van der Waals surface area contributed by atoms with Crippen molar-refractivity contribution >= 4 is 5.69 Å². The maximum atomic E-state index is 4.24. The number of benzene rings is 1. The van der Waals surface area contributed by atoms with Gasteiger partial charge in [0.1, 0.15) is 0 Å². The largest absolute Gasteiger partial charge is 0.385 e. The molecule has 1 heterocycles. The Bertz CT molecular complexity index is 612. The first-order valence-electron chi connectivity index (χ1n) is 7.85. The lowest BCUT2D eigenvalue weighted by Crippen LogP contribution is -2.18. The van der Waals surface area contributed by atoms with E-state index in [0.717, 1.165) is 30.8 Å². The van der Waals surface area contributed by atoms with E-state index in [1.165, 1.54) is 24.1 Å².